The van der Waals surface area contributed by atoms with E-state index in [1.165, 1.54) is 5.56 Å². The molecular weight excluding hydrogens is 188 g/mol. The lowest BCUT2D eigenvalue weighted by atomic mass is 9.82. The van der Waals surface area contributed by atoms with Crippen LogP contribution in [0.4, 0.5) is 0 Å². The minimum Gasteiger partial charge on any atom is -0.478 e. The Morgan fingerprint density at radius 3 is 2.33 bits per heavy atom. The second kappa shape index (κ2) is 4.05. The summed E-state index contributed by atoms with van der Waals surface area (Å²) in [5.41, 5.74) is 2.39. The van der Waals surface area contributed by atoms with Crippen LogP contribution in [0.1, 0.15) is 49.2 Å². The summed E-state index contributed by atoms with van der Waals surface area (Å²) < 4.78 is 0. The molecule has 0 aromatic heterocycles. The van der Waals surface area contributed by atoms with Crippen molar-refractivity contribution in [1.82, 2.24) is 0 Å². The average molecular weight is 206 g/mol. The fraction of sp³-hybridized carbons (Fsp3) is 0.462. The van der Waals surface area contributed by atoms with Gasteiger partial charge in [-0.25, -0.2) is 4.79 Å². The van der Waals surface area contributed by atoms with Gasteiger partial charge in [0.2, 0.25) is 0 Å². The van der Waals surface area contributed by atoms with Gasteiger partial charge in [-0.05, 0) is 29.0 Å². The van der Waals surface area contributed by atoms with Crippen LogP contribution in [-0.2, 0) is 11.8 Å². The summed E-state index contributed by atoms with van der Waals surface area (Å²) >= 11 is 0. The summed E-state index contributed by atoms with van der Waals surface area (Å²) in [6.45, 7) is 8.18. The number of aryl methyl sites for hydroxylation is 1. The van der Waals surface area contributed by atoms with Crippen LogP contribution in [0.2, 0.25) is 0 Å². The number of hydrogen-bond acceptors (Lipinski definition) is 1. The second-order valence-corrected chi connectivity index (χ2v) is 4.79. The third kappa shape index (κ3) is 2.58. The van der Waals surface area contributed by atoms with E-state index in [9.17, 15) is 4.79 Å². The average Bonchev–Trinajstić information content (AvgIpc) is 2.15. The number of aromatic carboxylic acids is 1. The largest absolute Gasteiger partial charge is 0.478 e. The van der Waals surface area contributed by atoms with Crippen LogP contribution in [0.25, 0.3) is 0 Å². The standard InChI is InChI=1S/C13H18O2/c1-5-9-6-7-10(12(14)15)11(8-9)13(2,3)4/h6-8H,5H2,1-4H3,(H,14,15). The number of benzene rings is 1. The molecule has 0 saturated heterocycles. The quantitative estimate of drug-likeness (QED) is 0.806. The van der Waals surface area contributed by atoms with Gasteiger partial charge in [0, 0.05) is 0 Å². The van der Waals surface area contributed by atoms with Gasteiger partial charge in [0.1, 0.15) is 0 Å². The van der Waals surface area contributed by atoms with Crippen molar-refractivity contribution in [2.75, 3.05) is 0 Å². The SMILES string of the molecule is CCc1ccc(C(=O)O)c(C(C)(C)C)c1. The molecule has 0 aliphatic carbocycles. The zero-order valence-corrected chi connectivity index (χ0v) is 9.79. The van der Waals surface area contributed by atoms with Gasteiger partial charge in [0.05, 0.1) is 5.56 Å². The third-order valence-electron chi connectivity index (χ3n) is 2.53. The van der Waals surface area contributed by atoms with Crippen LogP contribution in [0, 0.1) is 0 Å². The first-order valence-electron chi connectivity index (χ1n) is 5.23. The number of carbonyl (C=O) groups is 1. The minimum absolute atomic E-state index is 0.126. The number of carboxylic acids is 1. The smallest absolute Gasteiger partial charge is 0.335 e. The van der Waals surface area contributed by atoms with Gasteiger partial charge in [-0.2, -0.15) is 0 Å². The Bertz CT molecular complexity index is 373. The van der Waals surface area contributed by atoms with Crippen LogP contribution in [0.3, 0.4) is 0 Å². The van der Waals surface area contributed by atoms with Crippen molar-refractivity contribution in [3.8, 4) is 0 Å². The van der Waals surface area contributed by atoms with Crippen molar-refractivity contribution in [3.63, 3.8) is 0 Å². The summed E-state index contributed by atoms with van der Waals surface area (Å²) in [6.07, 6.45) is 0.934. The molecule has 2 nitrogen and oxygen atoms in total. The maximum absolute atomic E-state index is 11.1. The van der Waals surface area contributed by atoms with E-state index in [2.05, 4.69) is 6.92 Å². The summed E-state index contributed by atoms with van der Waals surface area (Å²) in [5, 5.41) is 9.09. The Balaban J connectivity index is 3.36. The van der Waals surface area contributed by atoms with Crippen LogP contribution in [-0.4, -0.2) is 11.1 Å². The van der Waals surface area contributed by atoms with Crippen LogP contribution in [0.15, 0.2) is 18.2 Å². The molecule has 0 aliphatic heterocycles. The molecule has 0 spiro atoms. The monoisotopic (exact) mass is 206 g/mol. The van der Waals surface area contributed by atoms with Gasteiger partial charge >= 0.3 is 5.97 Å². The summed E-state index contributed by atoms with van der Waals surface area (Å²) in [4.78, 5) is 11.1. The Kier molecular flexibility index (Phi) is 3.18. The Hall–Kier alpha value is -1.31. The van der Waals surface area contributed by atoms with Crippen molar-refractivity contribution >= 4 is 5.97 Å². The van der Waals surface area contributed by atoms with Crippen molar-refractivity contribution in [2.24, 2.45) is 0 Å². The summed E-state index contributed by atoms with van der Waals surface area (Å²) in [6, 6.07) is 5.60. The number of carboxylic acid groups (broad SMARTS) is 1. The molecule has 0 fully saturated rings. The van der Waals surface area contributed by atoms with Crippen molar-refractivity contribution < 1.29 is 9.90 Å². The van der Waals surface area contributed by atoms with E-state index in [1.807, 2.05) is 32.9 Å². The fourth-order valence-corrected chi connectivity index (χ4v) is 1.62. The number of rotatable bonds is 2. The zero-order valence-electron chi connectivity index (χ0n) is 9.79. The van der Waals surface area contributed by atoms with E-state index in [-0.39, 0.29) is 5.41 Å². The highest BCUT2D eigenvalue weighted by molar-refractivity contribution is 5.90. The molecule has 1 aromatic carbocycles. The van der Waals surface area contributed by atoms with E-state index < -0.39 is 5.97 Å². The fourth-order valence-electron chi connectivity index (χ4n) is 1.62. The predicted molar refractivity (Wildman–Crippen MR) is 61.5 cm³/mol. The molecule has 1 N–H and O–H groups in total. The lowest BCUT2D eigenvalue weighted by molar-refractivity contribution is 0.0694. The molecule has 1 aromatic rings. The van der Waals surface area contributed by atoms with Crippen LogP contribution >= 0.6 is 0 Å². The van der Waals surface area contributed by atoms with E-state index in [0.29, 0.717) is 5.56 Å². The number of hydrogen-bond donors (Lipinski definition) is 1. The van der Waals surface area contributed by atoms with Gasteiger partial charge in [0.15, 0.2) is 0 Å². The van der Waals surface area contributed by atoms with E-state index >= 15 is 0 Å². The summed E-state index contributed by atoms with van der Waals surface area (Å²) in [5.74, 6) is -0.845. The van der Waals surface area contributed by atoms with Gasteiger partial charge in [-0.3, -0.25) is 0 Å². The Morgan fingerprint density at radius 2 is 1.93 bits per heavy atom. The molecule has 0 amide bonds. The van der Waals surface area contributed by atoms with Crippen molar-refractivity contribution in [1.29, 1.82) is 0 Å². The molecule has 0 atom stereocenters. The first-order chi connectivity index (χ1) is 6.86. The predicted octanol–water partition coefficient (Wildman–Crippen LogP) is 3.24. The molecule has 1 rings (SSSR count). The lowest BCUT2D eigenvalue weighted by Crippen LogP contribution is -2.17. The van der Waals surface area contributed by atoms with Gasteiger partial charge in [-0.15, -0.1) is 0 Å². The topological polar surface area (TPSA) is 37.3 Å². The van der Waals surface area contributed by atoms with Crippen LogP contribution < -0.4 is 0 Å². The first-order valence-corrected chi connectivity index (χ1v) is 5.23. The van der Waals surface area contributed by atoms with E-state index in [0.717, 1.165) is 12.0 Å². The first kappa shape index (κ1) is 11.8. The molecule has 82 valence electrons. The molecule has 0 saturated carbocycles. The highest BCUT2D eigenvalue weighted by Gasteiger charge is 2.21. The molecule has 0 bridgehead atoms. The van der Waals surface area contributed by atoms with Crippen LogP contribution in [0.5, 0.6) is 0 Å². The van der Waals surface area contributed by atoms with Crippen molar-refractivity contribution in [3.05, 3.63) is 34.9 Å². The van der Waals surface area contributed by atoms with Gasteiger partial charge in [0.25, 0.3) is 0 Å². The molecule has 0 aliphatic rings. The third-order valence-corrected chi connectivity index (χ3v) is 2.53. The molecule has 0 heterocycles. The normalized spacial score (nSPS) is 11.5. The second-order valence-electron chi connectivity index (χ2n) is 4.79. The van der Waals surface area contributed by atoms with E-state index in [4.69, 9.17) is 5.11 Å². The highest BCUT2D eigenvalue weighted by Crippen LogP contribution is 2.27. The molecule has 2 heteroatoms. The van der Waals surface area contributed by atoms with E-state index in [1.54, 1.807) is 6.07 Å². The van der Waals surface area contributed by atoms with Gasteiger partial charge < -0.3 is 5.11 Å². The molecule has 15 heavy (non-hydrogen) atoms. The van der Waals surface area contributed by atoms with Crippen molar-refractivity contribution in [2.45, 2.75) is 39.5 Å². The molecular formula is C13H18O2. The van der Waals surface area contributed by atoms with Gasteiger partial charge in [-0.1, -0.05) is 39.8 Å². The molecule has 0 radical (unpaired) electrons. The summed E-state index contributed by atoms with van der Waals surface area (Å²) in [7, 11) is 0. The lowest BCUT2D eigenvalue weighted by Gasteiger charge is -2.22. The minimum atomic E-state index is -0.845. The molecule has 0 unspecified atom stereocenters. The highest BCUT2D eigenvalue weighted by atomic mass is 16.4. The Labute approximate surface area is 90.9 Å². The maximum Gasteiger partial charge on any atom is 0.335 e. The zero-order chi connectivity index (χ0) is 11.6. The maximum atomic E-state index is 11.1. The Morgan fingerprint density at radius 1 is 1.33 bits per heavy atom.